The number of aromatic nitrogens is 3. The minimum absolute atomic E-state index is 0.0289. The van der Waals surface area contributed by atoms with Gasteiger partial charge in [0.05, 0.1) is 23.4 Å². The van der Waals surface area contributed by atoms with E-state index in [4.69, 9.17) is 20.6 Å². The molecule has 6 rings (SSSR count). The zero-order chi connectivity index (χ0) is 24.6. The Labute approximate surface area is 212 Å². The van der Waals surface area contributed by atoms with Crippen LogP contribution in [0.1, 0.15) is 79.0 Å². The number of para-hydroxylation sites is 1. The summed E-state index contributed by atoms with van der Waals surface area (Å²) in [6, 6.07) is 9.90. The maximum absolute atomic E-state index is 13.9. The van der Waals surface area contributed by atoms with E-state index in [0.717, 1.165) is 80.9 Å². The standard InChI is InChI=1S/C28H36N6O2/c1-19-17-34-26(30-27(19)32-15-13-20(29)18-32)16-23(31-34)24-11-6-7-14-33(24)28(35)22-10-4-5-12-25(22)36-21-8-2-3-9-21/h4-5,10,12,16-17,20-21,24H,2-3,6-9,11,13-15,18,29H2,1H3/t20-,24-/m0/s1. The number of anilines is 1. The Morgan fingerprint density at radius 1 is 1.06 bits per heavy atom. The lowest BCUT2D eigenvalue weighted by molar-refractivity contribution is 0.0598. The van der Waals surface area contributed by atoms with Crippen molar-refractivity contribution in [2.45, 2.75) is 76.5 Å². The van der Waals surface area contributed by atoms with Crippen molar-refractivity contribution in [2.75, 3.05) is 24.5 Å². The number of carbonyl (C=O) groups is 1. The summed E-state index contributed by atoms with van der Waals surface area (Å²) in [6.07, 6.45) is 10.7. The van der Waals surface area contributed by atoms with Gasteiger partial charge in [-0.2, -0.15) is 5.10 Å². The van der Waals surface area contributed by atoms with Crippen LogP contribution in [0.5, 0.6) is 5.75 Å². The first kappa shape index (κ1) is 23.3. The quantitative estimate of drug-likeness (QED) is 0.577. The first-order valence-electron chi connectivity index (χ1n) is 13.5. The van der Waals surface area contributed by atoms with Crippen molar-refractivity contribution in [1.82, 2.24) is 19.5 Å². The largest absolute Gasteiger partial charge is 0.490 e. The number of hydrogen-bond donors (Lipinski definition) is 1. The Morgan fingerprint density at radius 2 is 1.86 bits per heavy atom. The van der Waals surface area contributed by atoms with Crippen molar-refractivity contribution >= 4 is 17.4 Å². The second-order valence-corrected chi connectivity index (χ2v) is 10.6. The molecule has 1 saturated carbocycles. The van der Waals surface area contributed by atoms with Crippen LogP contribution in [0.3, 0.4) is 0 Å². The van der Waals surface area contributed by atoms with E-state index < -0.39 is 0 Å². The smallest absolute Gasteiger partial charge is 0.258 e. The van der Waals surface area contributed by atoms with Crippen molar-refractivity contribution < 1.29 is 9.53 Å². The van der Waals surface area contributed by atoms with Crippen LogP contribution in [-0.2, 0) is 0 Å². The van der Waals surface area contributed by atoms with E-state index in [1.54, 1.807) is 0 Å². The number of piperidine rings is 1. The lowest BCUT2D eigenvalue weighted by Crippen LogP contribution is -2.39. The normalized spacial score (nSPS) is 23.1. The van der Waals surface area contributed by atoms with Gasteiger partial charge in [0.25, 0.3) is 5.91 Å². The molecule has 2 N–H and O–H groups in total. The van der Waals surface area contributed by atoms with Gasteiger partial charge in [0.1, 0.15) is 11.6 Å². The molecule has 1 amide bonds. The fourth-order valence-corrected chi connectivity index (χ4v) is 6.05. The molecule has 2 atom stereocenters. The number of rotatable bonds is 5. The molecule has 0 radical (unpaired) electrons. The molecule has 3 fully saturated rings. The minimum atomic E-state index is -0.0727. The van der Waals surface area contributed by atoms with Crippen LogP contribution in [0.4, 0.5) is 5.82 Å². The number of amides is 1. The molecule has 2 saturated heterocycles. The minimum Gasteiger partial charge on any atom is -0.490 e. The lowest BCUT2D eigenvalue weighted by atomic mass is 9.98. The number of nitrogens with two attached hydrogens (primary N) is 1. The fourth-order valence-electron chi connectivity index (χ4n) is 6.05. The third-order valence-corrected chi connectivity index (χ3v) is 7.97. The second-order valence-electron chi connectivity index (χ2n) is 10.6. The molecule has 8 heteroatoms. The summed E-state index contributed by atoms with van der Waals surface area (Å²) >= 11 is 0. The highest BCUT2D eigenvalue weighted by Crippen LogP contribution is 2.35. The van der Waals surface area contributed by atoms with E-state index in [-0.39, 0.29) is 24.1 Å². The molecule has 1 aromatic carbocycles. The van der Waals surface area contributed by atoms with E-state index in [1.165, 1.54) is 12.8 Å². The molecular formula is C28H36N6O2. The topological polar surface area (TPSA) is 89.0 Å². The number of ether oxygens (including phenoxy) is 1. The van der Waals surface area contributed by atoms with Gasteiger partial charge in [-0.05, 0) is 70.4 Å². The second kappa shape index (κ2) is 9.73. The molecular weight excluding hydrogens is 452 g/mol. The molecule has 1 aliphatic carbocycles. The number of aryl methyl sites for hydroxylation is 1. The van der Waals surface area contributed by atoms with E-state index in [2.05, 4.69) is 17.9 Å². The number of fused-ring (bicyclic) bond motifs is 1. The van der Waals surface area contributed by atoms with E-state index in [1.807, 2.05) is 39.9 Å². The molecule has 3 aliphatic rings. The van der Waals surface area contributed by atoms with E-state index >= 15 is 0 Å². The van der Waals surface area contributed by atoms with Crippen LogP contribution < -0.4 is 15.4 Å². The van der Waals surface area contributed by atoms with E-state index in [9.17, 15) is 4.79 Å². The maximum atomic E-state index is 13.9. The van der Waals surface area contributed by atoms with Gasteiger partial charge in [0.2, 0.25) is 0 Å². The number of carbonyl (C=O) groups excluding carboxylic acids is 1. The maximum Gasteiger partial charge on any atom is 0.258 e. The zero-order valence-corrected chi connectivity index (χ0v) is 21.1. The summed E-state index contributed by atoms with van der Waals surface area (Å²) in [7, 11) is 0. The molecule has 4 heterocycles. The van der Waals surface area contributed by atoms with Crippen LogP contribution in [-0.4, -0.2) is 57.2 Å². The van der Waals surface area contributed by atoms with Crippen molar-refractivity contribution in [3.05, 3.63) is 53.3 Å². The Hall–Kier alpha value is -3.13. The summed E-state index contributed by atoms with van der Waals surface area (Å²) in [5.74, 6) is 1.72. The van der Waals surface area contributed by atoms with Gasteiger partial charge < -0.3 is 20.3 Å². The number of likely N-dealkylation sites (tertiary alicyclic amines) is 1. The van der Waals surface area contributed by atoms with Gasteiger partial charge in [0.15, 0.2) is 5.65 Å². The number of hydrogen-bond acceptors (Lipinski definition) is 6. The van der Waals surface area contributed by atoms with Crippen molar-refractivity contribution in [3.63, 3.8) is 0 Å². The third-order valence-electron chi connectivity index (χ3n) is 7.97. The third kappa shape index (κ3) is 4.43. The van der Waals surface area contributed by atoms with Crippen LogP contribution in [0.25, 0.3) is 5.65 Å². The number of benzene rings is 1. The lowest BCUT2D eigenvalue weighted by Gasteiger charge is -2.35. The summed E-state index contributed by atoms with van der Waals surface area (Å²) < 4.78 is 8.16. The van der Waals surface area contributed by atoms with Crippen LogP contribution in [0.15, 0.2) is 36.5 Å². The van der Waals surface area contributed by atoms with Crippen molar-refractivity contribution in [1.29, 1.82) is 0 Å². The first-order valence-corrected chi connectivity index (χ1v) is 13.5. The highest BCUT2D eigenvalue weighted by Gasteiger charge is 2.33. The summed E-state index contributed by atoms with van der Waals surface area (Å²) in [4.78, 5) is 23.1. The monoisotopic (exact) mass is 488 g/mol. The Bertz CT molecular complexity index is 1250. The van der Waals surface area contributed by atoms with Crippen LogP contribution in [0.2, 0.25) is 0 Å². The molecule has 190 valence electrons. The van der Waals surface area contributed by atoms with Crippen molar-refractivity contribution in [2.24, 2.45) is 5.73 Å². The fraction of sp³-hybridized carbons (Fsp3) is 0.536. The SMILES string of the molecule is Cc1cn2nc([C@@H]3CCCCN3C(=O)c3ccccc3OC3CCCC3)cc2nc1N1CC[C@H](N)C1. The first-order chi connectivity index (χ1) is 17.6. The van der Waals surface area contributed by atoms with Gasteiger partial charge in [0, 0.05) is 43.5 Å². The summed E-state index contributed by atoms with van der Waals surface area (Å²) in [5.41, 5.74) is 9.60. The summed E-state index contributed by atoms with van der Waals surface area (Å²) in [5, 5.41) is 4.90. The zero-order valence-electron chi connectivity index (χ0n) is 21.1. The van der Waals surface area contributed by atoms with Gasteiger partial charge in [-0.3, -0.25) is 4.79 Å². The molecule has 0 bridgehead atoms. The molecule has 36 heavy (non-hydrogen) atoms. The molecule has 3 aromatic rings. The predicted octanol–water partition coefficient (Wildman–Crippen LogP) is 4.26. The van der Waals surface area contributed by atoms with Gasteiger partial charge in [-0.1, -0.05) is 12.1 Å². The van der Waals surface area contributed by atoms with Crippen LogP contribution >= 0.6 is 0 Å². The molecule has 2 aromatic heterocycles. The molecule has 0 spiro atoms. The number of nitrogens with zero attached hydrogens (tertiary/aromatic N) is 5. The molecule has 0 unspecified atom stereocenters. The Balaban J connectivity index is 1.29. The van der Waals surface area contributed by atoms with E-state index in [0.29, 0.717) is 11.3 Å². The highest BCUT2D eigenvalue weighted by molar-refractivity contribution is 5.97. The van der Waals surface area contributed by atoms with Gasteiger partial charge >= 0.3 is 0 Å². The highest BCUT2D eigenvalue weighted by atomic mass is 16.5. The van der Waals surface area contributed by atoms with Gasteiger partial charge in [-0.25, -0.2) is 9.50 Å². The molecule has 2 aliphatic heterocycles. The average molecular weight is 489 g/mol. The average Bonchev–Trinajstić information content (AvgIpc) is 3.65. The van der Waals surface area contributed by atoms with Crippen LogP contribution in [0, 0.1) is 6.92 Å². The predicted molar refractivity (Wildman–Crippen MR) is 139 cm³/mol. The Morgan fingerprint density at radius 3 is 2.67 bits per heavy atom. The Kier molecular flexibility index (Phi) is 6.29. The van der Waals surface area contributed by atoms with Gasteiger partial charge in [-0.15, -0.1) is 0 Å². The summed E-state index contributed by atoms with van der Waals surface area (Å²) in [6.45, 7) is 4.56. The van der Waals surface area contributed by atoms with Crippen molar-refractivity contribution in [3.8, 4) is 5.75 Å². The molecule has 8 nitrogen and oxygen atoms in total.